The summed E-state index contributed by atoms with van der Waals surface area (Å²) in [5.41, 5.74) is 2.87. The van der Waals surface area contributed by atoms with Crippen LogP contribution >= 0.6 is 0 Å². The lowest BCUT2D eigenvalue weighted by Crippen LogP contribution is -2.14. The van der Waals surface area contributed by atoms with E-state index < -0.39 is 0 Å². The summed E-state index contributed by atoms with van der Waals surface area (Å²) in [7, 11) is 0. The highest BCUT2D eigenvalue weighted by molar-refractivity contribution is 6.02. The molecule has 3 heteroatoms. The van der Waals surface area contributed by atoms with Crippen LogP contribution in [0.3, 0.4) is 0 Å². The first-order valence-electron chi connectivity index (χ1n) is 5.88. The number of nitrogens with one attached hydrogen (secondary N) is 1. The van der Waals surface area contributed by atoms with Gasteiger partial charge in [0.25, 0.3) is 0 Å². The van der Waals surface area contributed by atoms with Gasteiger partial charge in [-0.15, -0.1) is 0 Å². The van der Waals surface area contributed by atoms with Crippen LogP contribution in [0.25, 0.3) is 0 Å². The van der Waals surface area contributed by atoms with Gasteiger partial charge in [-0.3, -0.25) is 4.79 Å². The Labute approximate surface area is 104 Å². The van der Waals surface area contributed by atoms with Crippen LogP contribution in [-0.2, 0) is 11.2 Å². The Morgan fingerprint density at radius 3 is 2.56 bits per heavy atom. The summed E-state index contributed by atoms with van der Waals surface area (Å²) in [4.78, 5) is 11.9. The van der Waals surface area contributed by atoms with Crippen LogP contribution in [0.15, 0.2) is 48.5 Å². The molecule has 0 aromatic heterocycles. The number of hydrogen-bond acceptors (Lipinski definition) is 1. The van der Waals surface area contributed by atoms with Gasteiger partial charge >= 0.3 is 0 Å². The first kappa shape index (κ1) is 11.0. The van der Waals surface area contributed by atoms with Crippen LogP contribution in [0.2, 0.25) is 0 Å². The van der Waals surface area contributed by atoms with Crippen molar-refractivity contribution >= 4 is 11.6 Å². The number of anilines is 1. The highest BCUT2D eigenvalue weighted by atomic mass is 19.1. The Kier molecular flexibility index (Phi) is 2.59. The third-order valence-electron chi connectivity index (χ3n) is 3.26. The fraction of sp³-hybridized carbons (Fsp3) is 0.133. The molecule has 2 aromatic carbocycles. The fourth-order valence-corrected chi connectivity index (χ4v) is 2.33. The molecule has 2 nitrogen and oxygen atoms in total. The minimum absolute atomic E-state index is 0.0144. The Bertz CT molecular complexity index is 592. The minimum atomic E-state index is -0.255. The second-order valence-electron chi connectivity index (χ2n) is 4.46. The summed E-state index contributed by atoms with van der Waals surface area (Å²) in [5, 5.41) is 2.87. The summed E-state index contributed by atoms with van der Waals surface area (Å²) in [5.74, 6) is -0.415. The third kappa shape index (κ3) is 1.88. The van der Waals surface area contributed by atoms with Crippen molar-refractivity contribution in [3.05, 3.63) is 65.5 Å². The molecule has 18 heavy (non-hydrogen) atoms. The highest BCUT2D eigenvalue weighted by Gasteiger charge is 2.29. The highest BCUT2D eigenvalue weighted by Crippen LogP contribution is 2.34. The number of carbonyl (C=O) groups is 1. The van der Waals surface area contributed by atoms with Crippen LogP contribution in [0.4, 0.5) is 10.1 Å². The SMILES string of the molecule is O=C1Nc2ccccc2[C@@H]1Cc1ccc(F)cc1. The van der Waals surface area contributed by atoms with E-state index in [1.807, 2.05) is 24.3 Å². The topological polar surface area (TPSA) is 29.1 Å². The number of amides is 1. The summed E-state index contributed by atoms with van der Waals surface area (Å²) in [6.07, 6.45) is 0.600. The van der Waals surface area contributed by atoms with E-state index in [-0.39, 0.29) is 17.6 Å². The lowest BCUT2D eigenvalue weighted by molar-refractivity contribution is -0.117. The zero-order valence-corrected chi connectivity index (χ0v) is 9.69. The van der Waals surface area contributed by atoms with Gasteiger partial charge in [0.05, 0.1) is 5.92 Å². The molecule has 1 atom stereocenters. The van der Waals surface area contributed by atoms with Gasteiger partial charge in [0.1, 0.15) is 5.82 Å². The Morgan fingerprint density at radius 1 is 1.06 bits per heavy atom. The Morgan fingerprint density at radius 2 is 1.78 bits per heavy atom. The maximum atomic E-state index is 12.8. The average molecular weight is 241 g/mol. The monoisotopic (exact) mass is 241 g/mol. The summed E-state index contributed by atoms with van der Waals surface area (Å²) >= 11 is 0. The fourth-order valence-electron chi connectivity index (χ4n) is 2.33. The van der Waals surface area contributed by atoms with E-state index in [9.17, 15) is 9.18 Å². The molecule has 0 fully saturated rings. The molecule has 0 aliphatic carbocycles. The quantitative estimate of drug-likeness (QED) is 0.860. The lowest BCUT2D eigenvalue weighted by Gasteiger charge is -2.08. The number of para-hydroxylation sites is 1. The normalized spacial score (nSPS) is 17.4. The van der Waals surface area contributed by atoms with Crippen LogP contribution in [0.1, 0.15) is 17.0 Å². The minimum Gasteiger partial charge on any atom is -0.325 e. The number of rotatable bonds is 2. The molecular formula is C15H12FNO. The van der Waals surface area contributed by atoms with E-state index in [1.165, 1.54) is 12.1 Å². The molecule has 0 unspecified atom stereocenters. The number of benzene rings is 2. The molecule has 0 radical (unpaired) electrons. The standard InChI is InChI=1S/C15H12FNO/c16-11-7-5-10(6-8-11)9-13-12-3-1-2-4-14(12)17-15(13)18/h1-8,13H,9H2,(H,17,18)/t13-/m0/s1. The Balaban J connectivity index is 1.89. The molecule has 2 aromatic rings. The molecule has 3 rings (SSSR count). The van der Waals surface area contributed by atoms with Crippen LogP contribution in [-0.4, -0.2) is 5.91 Å². The average Bonchev–Trinajstić information content (AvgIpc) is 2.69. The predicted molar refractivity (Wildman–Crippen MR) is 67.9 cm³/mol. The van der Waals surface area contributed by atoms with E-state index in [0.29, 0.717) is 6.42 Å². The van der Waals surface area contributed by atoms with Gasteiger partial charge in [-0.25, -0.2) is 4.39 Å². The summed E-state index contributed by atoms with van der Waals surface area (Å²) < 4.78 is 12.8. The van der Waals surface area contributed by atoms with E-state index in [2.05, 4.69) is 5.32 Å². The van der Waals surface area contributed by atoms with Gasteiger partial charge in [-0.1, -0.05) is 30.3 Å². The van der Waals surface area contributed by atoms with Gasteiger partial charge in [0, 0.05) is 5.69 Å². The van der Waals surface area contributed by atoms with Crippen molar-refractivity contribution in [2.24, 2.45) is 0 Å². The van der Waals surface area contributed by atoms with E-state index in [1.54, 1.807) is 12.1 Å². The molecule has 1 amide bonds. The predicted octanol–water partition coefficient (Wildman–Crippen LogP) is 3.10. The summed E-state index contributed by atoms with van der Waals surface area (Å²) in [6.45, 7) is 0. The molecule has 0 spiro atoms. The lowest BCUT2D eigenvalue weighted by atomic mass is 9.93. The molecule has 1 heterocycles. The van der Waals surface area contributed by atoms with Crippen molar-refractivity contribution in [2.45, 2.75) is 12.3 Å². The van der Waals surface area contributed by atoms with E-state index >= 15 is 0 Å². The van der Waals surface area contributed by atoms with Gasteiger partial charge in [0.15, 0.2) is 0 Å². The second kappa shape index (κ2) is 4.26. The molecule has 0 saturated carbocycles. The van der Waals surface area contributed by atoms with Crippen LogP contribution in [0, 0.1) is 5.82 Å². The van der Waals surface area contributed by atoms with Crippen molar-refractivity contribution in [2.75, 3.05) is 5.32 Å². The molecule has 0 bridgehead atoms. The maximum absolute atomic E-state index is 12.8. The van der Waals surface area contributed by atoms with E-state index in [0.717, 1.165) is 16.8 Å². The molecule has 1 N–H and O–H groups in total. The first-order chi connectivity index (χ1) is 8.74. The van der Waals surface area contributed by atoms with Crippen LogP contribution in [0.5, 0.6) is 0 Å². The zero-order chi connectivity index (χ0) is 12.5. The largest absolute Gasteiger partial charge is 0.325 e. The maximum Gasteiger partial charge on any atom is 0.232 e. The zero-order valence-electron chi connectivity index (χ0n) is 9.69. The Hall–Kier alpha value is -2.16. The second-order valence-corrected chi connectivity index (χ2v) is 4.46. The molecule has 1 aliphatic rings. The van der Waals surface area contributed by atoms with Crippen molar-refractivity contribution in [1.82, 2.24) is 0 Å². The van der Waals surface area contributed by atoms with Crippen molar-refractivity contribution < 1.29 is 9.18 Å². The molecule has 0 saturated heterocycles. The van der Waals surface area contributed by atoms with Crippen molar-refractivity contribution in [1.29, 1.82) is 0 Å². The summed E-state index contributed by atoms with van der Waals surface area (Å²) in [6, 6.07) is 14.0. The molecular weight excluding hydrogens is 229 g/mol. The van der Waals surface area contributed by atoms with Crippen molar-refractivity contribution in [3.8, 4) is 0 Å². The van der Waals surface area contributed by atoms with Gasteiger partial charge in [0.2, 0.25) is 5.91 Å². The number of hydrogen-bond donors (Lipinski definition) is 1. The first-order valence-corrected chi connectivity index (χ1v) is 5.88. The van der Waals surface area contributed by atoms with E-state index in [4.69, 9.17) is 0 Å². The van der Waals surface area contributed by atoms with Gasteiger partial charge in [-0.2, -0.15) is 0 Å². The number of carbonyl (C=O) groups excluding carboxylic acids is 1. The number of fused-ring (bicyclic) bond motifs is 1. The van der Waals surface area contributed by atoms with Gasteiger partial charge in [-0.05, 0) is 35.7 Å². The van der Waals surface area contributed by atoms with Crippen molar-refractivity contribution in [3.63, 3.8) is 0 Å². The number of halogens is 1. The molecule has 90 valence electrons. The third-order valence-corrected chi connectivity index (χ3v) is 3.26. The van der Waals surface area contributed by atoms with Gasteiger partial charge < -0.3 is 5.32 Å². The van der Waals surface area contributed by atoms with Crippen LogP contribution < -0.4 is 5.32 Å². The molecule has 1 aliphatic heterocycles. The smallest absolute Gasteiger partial charge is 0.232 e.